The van der Waals surface area contributed by atoms with Crippen molar-refractivity contribution in [2.75, 3.05) is 6.61 Å². The number of rotatable bonds is 4. The fourth-order valence-electron chi connectivity index (χ4n) is 1.46. The lowest BCUT2D eigenvalue weighted by Crippen LogP contribution is -2.22. The molecule has 0 aromatic carbocycles. The van der Waals surface area contributed by atoms with Gasteiger partial charge in [0.05, 0.1) is 12.3 Å². The topological polar surface area (TPSA) is 48.4 Å². The molecule has 1 atom stereocenters. The van der Waals surface area contributed by atoms with Gasteiger partial charge in [0.2, 0.25) is 0 Å². The van der Waals surface area contributed by atoms with Gasteiger partial charge in [0.1, 0.15) is 0 Å². The first-order chi connectivity index (χ1) is 7.38. The smallest absolute Gasteiger partial charge is 0.178 e. The lowest BCUT2D eigenvalue weighted by atomic mass is 10.2. The second kappa shape index (κ2) is 5.34. The minimum Gasteiger partial charge on any atom is -0.353 e. The minimum absolute atomic E-state index is 0.0971. The highest BCUT2D eigenvalue weighted by Gasteiger charge is 2.14. The Hall–Kier alpha value is -0.780. The Bertz CT molecular complexity index is 320. The average molecular weight is 227 g/mol. The van der Waals surface area contributed by atoms with Gasteiger partial charge in [-0.2, -0.15) is 0 Å². The zero-order valence-electron chi connectivity index (χ0n) is 8.35. The summed E-state index contributed by atoms with van der Waals surface area (Å²) in [5.41, 5.74) is 0.802. The quantitative estimate of drug-likeness (QED) is 0.738. The molecule has 0 spiro atoms. The van der Waals surface area contributed by atoms with E-state index in [2.05, 4.69) is 4.98 Å². The van der Waals surface area contributed by atoms with Crippen molar-refractivity contribution < 1.29 is 14.3 Å². The van der Waals surface area contributed by atoms with Gasteiger partial charge in [0, 0.05) is 12.0 Å². The minimum atomic E-state index is -0.0971. The van der Waals surface area contributed by atoms with E-state index in [1.54, 1.807) is 0 Å². The van der Waals surface area contributed by atoms with Crippen molar-refractivity contribution in [3.05, 3.63) is 16.1 Å². The molecule has 0 saturated carbocycles. The number of hydrogen-bond donors (Lipinski definition) is 0. The molecule has 5 heteroatoms. The maximum atomic E-state index is 10.4. The molecule has 0 radical (unpaired) electrons. The molecule has 1 saturated heterocycles. The van der Waals surface area contributed by atoms with Gasteiger partial charge < -0.3 is 9.47 Å². The maximum absolute atomic E-state index is 10.4. The standard InChI is InChI=1S/C10H13NO3S/c12-5-9-11-8(7-15-9)6-14-10-3-1-2-4-13-10/h5,7,10H,1-4,6H2. The summed E-state index contributed by atoms with van der Waals surface area (Å²) in [4.78, 5) is 14.5. The first-order valence-corrected chi connectivity index (χ1v) is 5.89. The molecule has 1 aliphatic rings. The molecule has 1 aliphatic heterocycles. The Labute approximate surface area is 92.2 Å². The van der Waals surface area contributed by atoms with Crippen LogP contribution in [0.3, 0.4) is 0 Å². The van der Waals surface area contributed by atoms with E-state index >= 15 is 0 Å². The van der Waals surface area contributed by atoms with E-state index < -0.39 is 0 Å². The van der Waals surface area contributed by atoms with Gasteiger partial charge in [-0.25, -0.2) is 4.98 Å². The summed E-state index contributed by atoms with van der Waals surface area (Å²) in [7, 11) is 0. The summed E-state index contributed by atoms with van der Waals surface area (Å²) < 4.78 is 10.9. The van der Waals surface area contributed by atoms with E-state index in [1.165, 1.54) is 11.3 Å². The van der Waals surface area contributed by atoms with Crippen molar-refractivity contribution in [2.24, 2.45) is 0 Å². The Morgan fingerprint density at radius 2 is 2.60 bits per heavy atom. The largest absolute Gasteiger partial charge is 0.353 e. The van der Waals surface area contributed by atoms with E-state index in [-0.39, 0.29) is 6.29 Å². The molecule has 0 bridgehead atoms. The summed E-state index contributed by atoms with van der Waals surface area (Å²) in [6.45, 7) is 1.20. The van der Waals surface area contributed by atoms with Crippen molar-refractivity contribution in [3.63, 3.8) is 0 Å². The molecule has 1 aromatic heterocycles. The monoisotopic (exact) mass is 227 g/mol. The third-order valence-corrected chi connectivity index (χ3v) is 3.04. The SMILES string of the molecule is O=Cc1nc(COC2CCCCO2)cs1. The van der Waals surface area contributed by atoms with Crippen molar-refractivity contribution >= 4 is 17.6 Å². The number of aldehydes is 1. The summed E-state index contributed by atoms with van der Waals surface area (Å²) >= 11 is 1.34. The van der Waals surface area contributed by atoms with Crippen LogP contribution in [0.4, 0.5) is 0 Å². The van der Waals surface area contributed by atoms with E-state index in [4.69, 9.17) is 9.47 Å². The Morgan fingerprint density at radius 3 is 3.27 bits per heavy atom. The van der Waals surface area contributed by atoms with Gasteiger partial charge in [-0.05, 0) is 19.3 Å². The predicted octanol–water partition coefficient (Wildman–Crippen LogP) is 2.00. The van der Waals surface area contributed by atoms with Crippen LogP contribution in [0.15, 0.2) is 5.38 Å². The van der Waals surface area contributed by atoms with Crippen LogP contribution in [0.1, 0.15) is 34.8 Å². The number of carbonyl (C=O) groups excluding carboxylic acids is 1. The van der Waals surface area contributed by atoms with Gasteiger partial charge in [0.15, 0.2) is 17.6 Å². The molecule has 0 amide bonds. The number of hydrogen-bond acceptors (Lipinski definition) is 5. The Morgan fingerprint density at radius 1 is 1.67 bits per heavy atom. The number of ether oxygens (including phenoxy) is 2. The highest BCUT2D eigenvalue weighted by Crippen LogP contribution is 2.16. The van der Waals surface area contributed by atoms with E-state index in [0.717, 1.165) is 37.8 Å². The molecule has 1 fully saturated rings. The molecule has 1 unspecified atom stereocenters. The van der Waals surface area contributed by atoms with Crippen LogP contribution < -0.4 is 0 Å². The van der Waals surface area contributed by atoms with Gasteiger partial charge in [0.25, 0.3) is 0 Å². The molecule has 82 valence electrons. The van der Waals surface area contributed by atoms with Crippen molar-refractivity contribution in [1.82, 2.24) is 4.98 Å². The fraction of sp³-hybridized carbons (Fsp3) is 0.600. The lowest BCUT2D eigenvalue weighted by molar-refractivity contribution is -0.169. The van der Waals surface area contributed by atoms with Gasteiger partial charge in [-0.1, -0.05) is 0 Å². The van der Waals surface area contributed by atoms with Gasteiger partial charge in [-0.15, -0.1) is 11.3 Å². The molecular weight excluding hydrogens is 214 g/mol. The Balaban J connectivity index is 1.79. The lowest BCUT2D eigenvalue weighted by Gasteiger charge is -2.22. The van der Waals surface area contributed by atoms with Crippen LogP contribution in [0.2, 0.25) is 0 Å². The summed E-state index contributed by atoms with van der Waals surface area (Å²) in [6.07, 6.45) is 3.88. The number of carbonyl (C=O) groups is 1. The number of aromatic nitrogens is 1. The highest BCUT2D eigenvalue weighted by atomic mass is 32.1. The summed E-state index contributed by atoms with van der Waals surface area (Å²) in [6, 6.07) is 0. The first-order valence-electron chi connectivity index (χ1n) is 5.01. The van der Waals surface area contributed by atoms with E-state index in [9.17, 15) is 4.79 Å². The molecule has 2 rings (SSSR count). The molecule has 1 aromatic rings. The van der Waals surface area contributed by atoms with Crippen LogP contribution in [0.25, 0.3) is 0 Å². The van der Waals surface area contributed by atoms with Crippen LogP contribution in [-0.4, -0.2) is 24.2 Å². The fourth-order valence-corrected chi connectivity index (χ4v) is 2.07. The predicted molar refractivity (Wildman–Crippen MR) is 55.9 cm³/mol. The van der Waals surface area contributed by atoms with Gasteiger partial charge in [-0.3, -0.25) is 4.79 Å². The molecule has 0 aliphatic carbocycles. The first kappa shape index (κ1) is 10.7. The summed E-state index contributed by atoms with van der Waals surface area (Å²) in [5.74, 6) is 0. The highest BCUT2D eigenvalue weighted by molar-refractivity contribution is 7.11. The number of thiazole rings is 1. The second-order valence-corrected chi connectivity index (χ2v) is 4.29. The zero-order chi connectivity index (χ0) is 10.5. The molecule has 2 heterocycles. The summed E-state index contributed by atoms with van der Waals surface area (Å²) in [5, 5.41) is 2.34. The second-order valence-electron chi connectivity index (χ2n) is 3.40. The third kappa shape index (κ3) is 3.09. The Kier molecular flexibility index (Phi) is 3.82. The molecular formula is C10H13NO3S. The number of nitrogens with zero attached hydrogens (tertiary/aromatic N) is 1. The van der Waals surface area contributed by atoms with Crippen molar-refractivity contribution in [3.8, 4) is 0 Å². The molecule has 0 N–H and O–H groups in total. The zero-order valence-corrected chi connectivity index (χ0v) is 9.16. The van der Waals surface area contributed by atoms with Crippen molar-refractivity contribution in [1.29, 1.82) is 0 Å². The molecule has 4 nitrogen and oxygen atoms in total. The normalized spacial score (nSPS) is 21.5. The third-order valence-electron chi connectivity index (χ3n) is 2.23. The van der Waals surface area contributed by atoms with Crippen LogP contribution >= 0.6 is 11.3 Å². The van der Waals surface area contributed by atoms with Gasteiger partial charge >= 0.3 is 0 Å². The van der Waals surface area contributed by atoms with E-state index in [1.807, 2.05) is 5.38 Å². The van der Waals surface area contributed by atoms with Crippen LogP contribution in [0.5, 0.6) is 0 Å². The molecule has 15 heavy (non-hydrogen) atoms. The van der Waals surface area contributed by atoms with Crippen LogP contribution in [-0.2, 0) is 16.1 Å². The maximum Gasteiger partial charge on any atom is 0.178 e. The van der Waals surface area contributed by atoms with Crippen molar-refractivity contribution in [2.45, 2.75) is 32.2 Å². The van der Waals surface area contributed by atoms with E-state index in [0.29, 0.717) is 11.6 Å². The average Bonchev–Trinajstić information content (AvgIpc) is 2.76. The van der Waals surface area contributed by atoms with Crippen LogP contribution in [0, 0.1) is 0 Å².